The van der Waals surface area contributed by atoms with Crippen LogP contribution in [0.5, 0.6) is 0 Å². The van der Waals surface area contributed by atoms with Crippen molar-refractivity contribution in [1.29, 1.82) is 0 Å². The van der Waals surface area contributed by atoms with Crippen LogP contribution in [0.25, 0.3) is 0 Å². The average Bonchev–Trinajstić information content (AvgIpc) is 3.24. The Labute approximate surface area is 154 Å². The standard InChI is InChI=1S/C20H27N3O3/c1-2-15-6-8-17(9-7-15)23-14-16(13-19(23)25)20(26)21-10-4-12-22-11-3-5-18(22)24/h6-9,16H,2-5,10-14H2,1H3,(H,21,26). The number of carbonyl (C=O) groups excluding carboxylic acids is 3. The number of likely N-dealkylation sites (tertiary alicyclic amines) is 1. The average molecular weight is 357 g/mol. The van der Waals surface area contributed by atoms with Crippen LogP contribution in [0.15, 0.2) is 24.3 Å². The summed E-state index contributed by atoms with van der Waals surface area (Å²) in [5.41, 5.74) is 2.08. The van der Waals surface area contributed by atoms with Crippen LogP contribution >= 0.6 is 0 Å². The number of hydrogen-bond acceptors (Lipinski definition) is 3. The molecule has 3 rings (SSSR count). The third-order valence-electron chi connectivity index (χ3n) is 5.23. The van der Waals surface area contributed by atoms with E-state index in [4.69, 9.17) is 0 Å². The Morgan fingerprint density at radius 1 is 1.19 bits per heavy atom. The van der Waals surface area contributed by atoms with Gasteiger partial charge in [0.1, 0.15) is 0 Å². The number of rotatable bonds is 7. The Kier molecular flexibility index (Phi) is 5.91. The molecule has 6 heteroatoms. The largest absolute Gasteiger partial charge is 0.356 e. The van der Waals surface area contributed by atoms with Gasteiger partial charge in [-0.05, 0) is 37.0 Å². The van der Waals surface area contributed by atoms with Crippen LogP contribution in [0.3, 0.4) is 0 Å². The quantitative estimate of drug-likeness (QED) is 0.756. The summed E-state index contributed by atoms with van der Waals surface area (Å²) < 4.78 is 0. The van der Waals surface area contributed by atoms with E-state index in [1.165, 1.54) is 5.56 Å². The third kappa shape index (κ3) is 4.23. The van der Waals surface area contributed by atoms with Crippen molar-refractivity contribution in [1.82, 2.24) is 10.2 Å². The van der Waals surface area contributed by atoms with Crippen molar-refractivity contribution in [2.45, 2.75) is 39.0 Å². The maximum atomic E-state index is 12.4. The minimum Gasteiger partial charge on any atom is -0.356 e. The molecule has 3 amide bonds. The van der Waals surface area contributed by atoms with Crippen LogP contribution < -0.4 is 10.2 Å². The molecule has 2 aliphatic heterocycles. The van der Waals surface area contributed by atoms with Gasteiger partial charge in [0.25, 0.3) is 0 Å². The lowest BCUT2D eigenvalue weighted by Gasteiger charge is -2.18. The van der Waals surface area contributed by atoms with Gasteiger partial charge in [0.15, 0.2) is 0 Å². The summed E-state index contributed by atoms with van der Waals surface area (Å²) in [5, 5.41) is 2.92. The second-order valence-electron chi connectivity index (χ2n) is 7.05. The first-order chi connectivity index (χ1) is 12.6. The molecule has 1 aromatic carbocycles. The van der Waals surface area contributed by atoms with Gasteiger partial charge in [-0.2, -0.15) is 0 Å². The molecule has 1 aromatic rings. The molecule has 0 bridgehead atoms. The van der Waals surface area contributed by atoms with Crippen molar-refractivity contribution < 1.29 is 14.4 Å². The topological polar surface area (TPSA) is 69.7 Å². The zero-order valence-electron chi connectivity index (χ0n) is 15.4. The summed E-state index contributed by atoms with van der Waals surface area (Å²) >= 11 is 0. The number of hydrogen-bond donors (Lipinski definition) is 1. The van der Waals surface area contributed by atoms with E-state index in [0.29, 0.717) is 26.1 Å². The van der Waals surface area contributed by atoms with E-state index in [1.807, 2.05) is 29.2 Å². The number of nitrogens with one attached hydrogen (secondary N) is 1. The fraction of sp³-hybridized carbons (Fsp3) is 0.550. The Morgan fingerprint density at radius 2 is 1.96 bits per heavy atom. The predicted octanol–water partition coefficient (Wildman–Crippen LogP) is 1.73. The van der Waals surface area contributed by atoms with Gasteiger partial charge in [-0.25, -0.2) is 0 Å². The van der Waals surface area contributed by atoms with E-state index in [2.05, 4.69) is 12.2 Å². The highest BCUT2D eigenvalue weighted by molar-refractivity contribution is 6.00. The molecule has 1 N–H and O–H groups in total. The summed E-state index contributed by atoms with van der Waals surface area (Å²) in [6, 6.07) is 7.94. The number of carbonyl (C=O) groups is 3. The monoisotopic (exact) mass is 357 g/mol. The van der Waals surface area contributed by atoms with Crippen molar-refractivity contribution in [2.24, 2.45) is 5.92 Å². The molecule has 2 saturated heterocycles. The van der Waals surface area contributed by atoms with Gasteiger partial charge < -0.3 is 15.1 Å². The van der Waals surface area contributed by atoms with E-state index in [1.54, 1.807) is 4.90 Å². The molecule has 0 radical (unpaired) electrons. The van der Waals surface area contributed by atoms with Crippen LogP contribution in [0.4, 0.5) is 5.69 Å². The molecule has 0 spiro atoms. The molecule has 0 aliphatic carbocycles. The van der Waals surface area contributed by atoms with Crippen molar-refractivity contribution in [2.75, 3.05) is 31.1 Å². The van der Waals surface area contributed by atoms with Gasteiger partial charge in [-0.15, -0.1) is 0 Å². The highest BCUT2D eigenvalue weighted by atomic mass is 16.2. The number of anilines is 1. The normalized spacial score (nSPS) is 20.1. The van der Waals surface area contributed by atoms with Crippen LogP contribution in [0.2, 0.25) is 0 Å². The summed E-state index contributed by atoms with van der Waals surface area (Å²) in [6.07, 6.45) is 3.55. The van der Waals surface area contributed by atoms with Gasteiger partial charge in [-0.3, -0.25) is 14.4 Å². The lowest BCUT2D eigenvalue weighted by atomic mass is 10.1. The molecule has 1 atom stereocenters. The first-order valence-corrected chi connectivity index (χ1v) is 9.53. The van der Waals surface area contributed by atoms with E-state index >= 15 is 0 Å². The van der Waals surface area contributed by atoms with Crippen molar-refractivity contribution in [3.8, 4) is 0 Å². The van der Waals surface area contributed by atoms with E-state index in [-0.39, 0.29) is 30.1 Å². The molecule has 2 heterocycles. The summed E-state index contributed by atoms with van der Waals surface area (Å²) in [4.78, 5) is 39.8. The minimum absolute atomic E-state index is 0.00272. The lowest BCUT2D eigenvalue weighted by molar-refractivity contribution is -0.127. The smallest absolute Gasteiger partial charge is 0.227 e. The second kappa shape index (κ2) is 8.34. The van der Waals surface area contributed by atoms with Crippen molar-refractivity contribution in [3.63, 3.8) is 0 Å². The molecular weight excluding hydrogens is 330 g/mol. The highest BCUT2D eigenvalue weighted by Crippen LogP contribution is 2.25. The lowest BCUT2D eigenvalue weighted by Crippen LogP contribution is -2.35. The molecule has 2 aliphatic rings. The van der Waals surface area contributed by atoms with E-state index in [9.17, 15) is 14.4 Å². The van der Waals surface area contributed by atoms with E-state index in [0.717, 1.165) is 31.5 Å². The fourth-order valence-electron chi connectivity index (χ4n) is 3.61. The van der Waals surface area contributed by atoms with E-state index < -0.39 is 0 Å². The van der Waals surface area contributed by atoms with Crippen LogP contribution in [0, 0.1) is 5.92 Å². The fourth-order valence-corrected chi connectivity index (χ4v) is 3.61. The number of aryl methyl sites for hydroxylation is 1. The molecular formula is C20H27N3O3. The van der Waals surface area contributed by atoms with Gasteiger partial charge >= 0.3 is 0 Å². The first kappa shape index (κ1) is 18.4. The van der Waals surface area contributed by atoms with Crippen LogP contribution in [-0.2, 0) is 20.8 Å². The zero-order chi connectivity index (χ0) is 18.5. The Hall–Kier alpha value is -2.37. The predicted molar refractivity (Wildman–Crippen MR) is 99.7 cm³/mol. The molecule has 0 aromatic heterocycles. The Bertz CT molecular complexity index is 671. The van der Waals surface area contributed by atoms with Gasteiger partial charge in [-0.1, -0.05) is 19.1 Å². The minimum atomic E-state index is -0.304. The van der Waals surface area contributed by atoms with Gasteiger partial charge in [0, 0.05) is 44.7 Å². The second-order valence-corrected chi connectivity index (χ2v) is 7.05. The Balaban J connectivity index is 1.45. The first-order valence-electron chi connectivity index (χ1n) is 9.53. The summed E-state index contributed by atoms with van der Waals surface area (Å²) in [5.74, 6) is -0.167. The highest BCUT2D eigenvalue weighted by Gasteiger charge is 2.34. The zero-order valence-corrected chi connectivity index (χ0v) is 15.4. The number of amides is 3. The van der Waals surface area contributed by atoms with Crippen molar-refractivity contribution in [3.05, 3.63) is 29.8 Å². The summed E-state index contributed by atoms with van der Waals surface area (Å²) in [7, 11) is 0. The molecule has 2 fully saturated rings. The molecule has 6 nitrogen and oxygen atoms in total. The third-order valence-corrected chi connectivity index (χ3v) is 5.23. The van der Waals surface area contributed by atoms with Gasteiger partial charge in [0.2, 0.25) is 17.7 Å². The maximum Gasteiger partial charge on any atom is 0.227 e. The Morgan fingerprint density at radius 3 is 2.62 bits per heavy atom. The maximum absolute atomic E-state index is 12.4. The molecule has 140 valence electrons. The van der Waals surface area contributed by atoms with Crippen molar-refractivity contribution >= 4 is 23.4 Å². The summed E-state index contributed by atoms with van der Waals surface area (Å²) in [6.45, 7) is 4.59. The molecule has 0 saturated carbocycles. The molecule has 1 unspecified atom stereocenters. The molecule has 26 heavy (non-hydrogen) atoms. The number of nitrogens with zero attached hydrogens (tertiary/aromatic N) is 2. The number of benzene rings is 1. The van der Waals surface area contributed by atoms with Crippen LogP contribution in [0.1, 0.15) is 38.2 Å². The van der Waals surface area contributed by atoms with Crippen LogP contribution in [-0.4, -0.2) is 48.8 Å². The van der Waals surface area contributed by atoms with Gasteiger partial charge in [0.05, 0.1) is 5.92 Å². The SMILES string of the molecule is CCc1ccc(N2CC(C(=O)NCCCN3CCCC3=O)CC2=O)cc1.